The van der Waals surface area contributed by atoms with Crippen LogP contribution in [0.25, 0.3) is 0 Å². The molecule has 1 unspecified atom stereocenters. The van der Waals surface area contributed by atoms with Gasteiger partial charge in [-0.3, -0.25) is 4.68 Å². The van der Waals surface area contributed by atoms with Crippen molar-refractivity contribution in [2.24, 2.45) is 7.05 Å². The van der Waals surface area contributed by atoms with E-state index in [-0.39, 0.29) is 0 Å². The highest BCUT2D eigenvalue weighted by atomic mass is 79.9. The number of halogens is 2. The average Bonchev–Trinajstić information content (AvgIpc) is 2.78. The van der Waals surface area contributed by atoms with E-state index in [0.29, 0.717) is 17.3 Å². The number of aliphatic hydroxyl groups is 1. The molecule has 0 aliphatic carbocycles. The zero-order valence-electron chi connectivity index (χ0n) is 9.44. The zero-order valence-corrected chi connectivity index (χ0v) is 11.8. The molecule has 4 nitrogen and oxygen atoms in total. The number of nitrogens with zero attached hydrogens (tertiary/aromatic N) is 2. The molecule has 0 fully saturated rings. The van der Waals surface area contributed by atoms with Crippen LogP contribution in [0.15, 0.2) is 21.2 Å². The zero-order chi connectivity index (χ0) is 12.6. The molecule has 92 valence electrons. The first kappa shape index (κ1) is 12.7. The lowest BCUT2D eigenvalue weighted by molar-refractivity contribution is 0.149. The summed E-state index contributed by atoms with van der Waals surface area (Å²) in [5.41, 5.74) is 1.66. The van der Waals surface area contributed by atoms with Crippen LogP contribution in [0.3, 0.4) is 0 Å². The van der Waals surface area contributed by atoms with Crippen LogP contribution < -0.4 is 0 Å². The molecule has 2 aromatic rings. The summed E-state index contributed by atoms with van der Waals surface area (Å²) in [6, 6.07) is 1.75. The van der Waals surface area contributed by atoms with Gasteiger partial charge in [-0.25, -0.2) is 0 Å². The van der Waals surface area contributed by atoms with E-state index < -0.39 is 6.10 Å². The molecule has 0 aliphatic heterocycles. The van der Waals surface area contributed by atoms with Gasteiger partial charge >= 0.3 is 0 Å². The molecule has 2 aromatic heterocycles. The number of hydrogen-bond acceptors (Lipinski definition) is 3. The van der Waals surface area contributed by atoms with Gasteiger partial charge in [0.05, 0.1) is 16.4 Å². The van der Waals surface area contributed by atoms with Crippen LogP contribution in [0.2, 0.25) is 5.15 Å². The maximum Gasteiger partial charge on any atom is 0.146 e. The van der Waals surface area contributed by atoms with Crippen molar-refractivity contribution in [3.63, 3.8) is 0 Å². The lowest BCUT2D eigenvalue weighted by Gasteiger charge is -2.08. The number of aryl methyl sites for hydroxylation is 2. The predicted octanol–water partition coefficient (Wildman–Crippen LogP) is 3.01. The predicted molar refractivity (Wildman–Crippen MR) is 68.0 cm³/mol. The highest BCUT2D eigenvalue weighted by Gasteiger charge is 2.20. The summed E-state index contributed by atoms with van der Waals surface area (Å²) in [5, 5.41) is 14.8. The van der Waals surface area contributed by atoms with Crippen molar-refractivity contribution in [2.75, 3.05) is 0 Å². The number of furan rings is 1. The minimum Gasteiger partial charge on any atom is -0.465 e. The summed E-state index contributed by atoms with van der Waals surface area (Å²) in [6.07, 6.45) is 1.17. The maximum atomic E-state index is 10.1. The highest BCUT2D eigenvalue weighted by molar-refractivity contribution is 9.10. The lowest BCUT2D eigenvalue weighted by Crippen LogP contribution is -2.02. The summed E-state index contributed by atoms with van der Waals surface area (Å²) in [6.45, 7) is 1.87. The van der Waals surface area contributed by atoms with Crippen LogP contribution in [-0.4, -0.2) is 14.9 Å². The number of hydrogen-bond donors (Lipinski definition) is 1. The first-order valence-corrected chi connectivity index (χ1v) is 6.26. The second-order valence-electron chi connectivity index (χ2n) is 3.83. The molecule has 1 atom stereocenters. The van der Waals surface area contributed by atoms with E-state index in [1.165, 1.54) is 6.26 Å². The van der Waals surface area contributed by atoms with Crippen molar-refractivity contribution in [1.29, 1.82) is 0 Å². The number of aromatic nitrogens is 2. The Morgan fingerprint density at radius 1 is 1.65 bits per heavy atom. The van der Waals surface area contributed by atoms with Gasteiger partial charge in [0.15, 0.2) is 0 Å². The molecule has 17 heavy (non-hydrogen) atoms. The van der Waals surface area contributed by atoms with Crippen molar-refractivity contribution in [3.8, 4) is 0 Å². The molecule has 0 saturated carbocycles. The van der Waals surface area contributed by atoms with Gasteiger partial charge in [-0.05, 0) is 28.9 Å². The quantitative estimate of drug-likeness (QED) is 0.946. The van der Waals surface area contributed by atoms with E-state index in [9.17, 15) is 5.11 Å². The molecule has 0 aromatic carbocycles. The monoisotopic (exact) mass is 318 g/mol. The van der Waals surface area contributed by atoms with Gasteiger partial charge < -0.3 is 9.52 Å². The molecule has 0 aliphatic rings. The van der Waals surface area contributed by atoms with Crippen LogP contribution in [0.5, 0.6) is 0 Å². The van der Waals surface area contributed by atoms with Crippen LogP contribution in [-0.2, 0) is 13.5 Å². The van der Waals surface area contributed by atoms with E-state index >= 15 is 0 Å². The molecular formula is C11H12BrClN2O2. The van der Waals surface area contributed by atoms with Crippen molar-refractivity contribution in [1.82, 2.24) is 9.78 Å². The van der Waals surface area contributed by atoms with Crippen LogP contribution >= 0.6 is 27.5 Å². The Morgan fingerprint density at radius 3 is 2.82 bits per heavy atom. The summed E-state index contributed by atoms with van der Waals surface area (Å²) in [5.74, 6) is 0.504. The third kappa shape index (κ3) is 2.41. The summed E-state index contributed by atoms with van der Waals surface area (Å²) in [4.78, 5) is 0. The van der Waals surface area contributed by atoms with Gasteiger partial charge in [-0.1, -0.05) is 11.6 Å². The van der Waals surface area contributed by atoms with Gasteiger partial charge in [0.2, 0.25) is 0 Å². The molecule has 2 heterocycles. The van der Waals surface area contributed by atoms with Crippen molar-refractivity contribution >= 4 is 27.5 Å². The molecule has 0 saturated heterocycles. The molecule has 1 N–H and O–H groups in total. The van der Waals surface area contributed by atoms with E-state index in [1.807, 2.05) is 6.92 Å². The normalized spacial score (nSPS) is 13.0. The Morgan fingerprint density at radius 2 is 2.35 bits per heavy atom. The van der Waals surface area contributed by atoms with E-state index in [4.69, 9.17) is 16.0 Å². The van der Waals surface area contributed by atoms with Gasteiger partial charge in [0, 0.05) is 19.0 Å². The van der Waals surface area contributed by atoms with Crippen molar-refractivity contribution < 1.29 is 9.52 Å². The average molecular weight is 320 g/mol. The van der Waals surface area contributed by atoms with Crippen LogP contribution in [0, 0.1) is 6.92 Å². The minimum atomic E-state index is -0.736. The molecule has 0 radical (unpaired) electrons. The Hall–Kier alpha value is -0.780. The molecule has 0 amide bonds. The highest BCUT2D eigenvalue weighted by Crippen LogP contribution is 2.30. The van der Waals surface area contributed by atoms with Crippen molar-refractivity contribution in [2.45, 2.75) is 19.4 Å². The Kier molecular flexibility index (Phi) is 3.61. The first-order valence-electron chi connectivity index (χ1n) is 5.09. The third-order valence-corrected chi connectivity index (χ3v) is 3.74. The van der Waals surface area contributed by atoms with Crippen LogP contribution in [0.1, 0.15) is 23.1 Å². The van der Waals surface area contributed by atoms with Crippen LogP contribution in [0.4, 0.5) is 0 Å². The third-order valence-electron chi connectivity index (χ3n) is 2.61. The largest absolute Gasteiger partial charge is 0.465 e. The van der Waals surface area contributed by atoms with E-state index in [1.54, 1.807) is 17.8 Å². The number of aliphatic hydroxyl groups excluding tert-OH is 1. The van der Waals surface area contributed by atoms with E-state index in [2.05, 4.69) is 21.0 Å². The standard InChI is InChI=1S/C11H12BrClN2O2/c1-6-7(11(13)15(2)14-6)5-9(16)10-8(12)3-4-17-10/h3-4,9,16H,5H2,1-2H3. The number of rotatable bonds is 3. The molecular weight excluding hydrogens is 307 g/mol. The second kappa shape index (κ2) is 4.84. The molecule has 0 spiro atoms. The smallest absolute Gasteiger partial charge is 0.146 e. The fourth-order valence-electron chi connectivity index (χ4n) is 1.74. The Balaban J connectivity index is 2.24. The van der Waals surface area contributed by atoms with Gasteiger partial charge in [0.1, 0.15) is 17.0 Å². The SMILES string of the molecule is Cc1nn(C)c(Cl)c1CC(O)c1occc1Br. The fourth-order valence-corrected chi connectivity index (χ4v) is 2.45. The maximum absolute atomic E-state index is 10.1. The van der Waals surface area contributed by atoms with E-state index in [0.717, 1.165) is 15.7 Å². The Bertz CT molecular complexity index is 536. The molecule has 0 bridgehead atoms. The van der Waals surface area contributed by atoms with Crippen molar-refractivity contribution in [3.05, 3.63) is 39.0 Å². The summed E-state index contributed by atoms with van der Waals surface area (Å²) in [7, 11) is 1.77. The van der Waals surface area contributed by atoms with Gasteiger partial charge in [-0.15, -0.1) is 0 Å². The minimum absolute atomic E-state index is 0.380. The fraction of sp³-hybridized carbons (Fsp3) is 0.364. The van der Waals surface area contributed by atoms with Gasteiger partial charge in [0.25, 0.3) is 0 Å². The molecule has 2 rings (SSSR count). The molecule has 6 heteroatoms. The lowest BCUT2D eigenvalue weighted by atomic mass is 10.1. The summed E-state index contributed by atoms with van der Waals surface area (Å²) < 4.78 is 7.56. The van der Waals surface area contributed by atoms with Gasteiger partial charge in [-0.2, -0.15) is 5.10 Å². The Labute approximate surface area is 112 Å². The first-order chi connectivity index (χ1) is 8.00. The second-order valence-corrected chi connectivity index (χ2v) is 5.04. The summed E-state index contributed by atoms with van der Waals surface area (Å²) >= 11 is 9.42. The topological polar surface area (TPSA) is 51.2 Å².